The number of oxazole rings is 1. The second kappa shape index (κ2) is 13.4. The van der Waals surface area contributed by atoms with Gasteiger partial charge in [-0.1, -0.05) is 12.1 Å². The molecule has 15 heteroatoms. The van der Waals surface area contributed by atoms with Crippen LogP contribution in [0.15, 0.2) is 77.2 Å². The van der Waals surface area contributed by atoms with Gasteiger partial charge in [0.25, 0.3) is 5.91 Å². The molecule has 0 saturated heterocycles. The average molecular weight is 648 g/mol. The number of halogens is 3. The predicted octanol–water partition coefficient (Wildman–Crippen LogP) is 5.55. The number of hydrogen-bond acceptors (Lipinski definition) is 9. The summed E-state index contributed by atoms with van der Waals surface area (Å²) in [5.41, 5.74) is 0.350. The van der Waals surface area contributed by atoms with Crippen molar-refractivity contribution in [3.8, 4) is 23.0 Å². The number of aryl methyl sites for hydroxylation is 1. The minimum Gasteiger partial charge on any atom is -0.497 e. The van der Waals surface area contributed by atoms with Gasteiger partial charge in [-0.2, -0.15) is 21.6 Å². The number of rotatable bonds is 11. The largest absolute Gasteiger partial charge is 0.497 e. The van der Waals surface area contributed by atoms with E-state index in [1.54, 1.807) is 25.1 Å². The summed E-state index contributed by atoms with van der Waals surface area (Å²) < 4.78 is 82.7. The Hall–Kier alpha value is -4.89. The SMILES string of the molecule is COc1ccc(C(=O)N(C)S(=O)(=O)N(Cc2cccc(OCc3nc(-c4ccc(C(F)(F)F)cc4)oc3C)c2)OC(C)=O)cc1. The monoisotopic (exact) mass is 647 g/mol. The highest BCUT2D eigenvalue weighted by Crippen LogP contribution is 2.31. The van der Waals surface area contributed by atoms with Crippen LogP contribution >= 0.6 is 0 Å². The molecule has 45 heavy (non-hydrogen) atoms. The number of alkyl halides is 3. The number of aromatic nitrogens is 1. The van der Waals surface area contributed by atoms with Crippen molar-refractivity contribution in [3.05, 3.63) is 101 Å². The van der Waals surface area contributed by atoms with E-state index in [0.717, 1.165) is 26.1 Å². The van der Waals surface area contributed by atoms with Crippen LogP contribution in [0.3, 0.4) is 0 Å². The smallest absolute Gasteiger partial charge is 0.416 e. The van der Waals surface area contributed by atoms with Gasteiger partial charge in [0, 0.05) is 25.1 Å². The van der Waals surface area contributed by atoms with Crippen molar-refractivity contribution < 1.29 is 49.9 Å². The summed E-state index contributed by atoms with van der Waals surface area (Å²) in [6.07, 6.45) is -4.47. The van der Waals surface area contributed by atoms with E-state index in [0.29, 0.717) is 42.9 Å². The summed E-state index contributed by atoms with van der Waals surface area (Å²) >= 11 is 0. The van der Waals surface area contributed by atoms with Crippen LogP contribution in [0, 0.1) is 6.92 Å². The minimum atomic E-state index is -4.65. The number of hydrogen-bond donors (Lipinski definition) is 0. The maximum absolute atomic E-state index is 13.4. The Morgan fingerprint density at radius 1 is 0.978 bits per heavy atom. The minimum absolute atomic E-state index is 0.0599. The number of carbonyl (C=O) groups is 2. The number of benzene rings is 3. The Morgan fingerprint density at radius 2 is 1.64 bits per heavy atom. The number of methoxy groups -OCH3 is 1. The highest BCUT2D eigenvalue weighted by Gasteiger charge is 2.34. The summed E-state index contributed by atoms with van der Waals surface area (Å²) in [6.45, 7) is 2.11. The molecule has 4 aromatic rings. The summed E-state index contributed by atoms with van der Waals surface area (Å²) in [4.78, 5) is 34.1. The molecule has 0 atom stereocenters. The lowest BCUT2D eigenvalue weighted by Gasteiger charge is -2.26. The number of carbonyl (C=O) groups excluding carboxylic acids is 2. The van der Waals surface area contributed by atoms with Crippen LogP contribution in [0.2, 0.25) is 0 Å². The van der Waals surface area contributed by atoms with E-state index in [2.05, 4.69) is 4.98 Å². The van der Waals surface area contributed by atoms with E-state index in [4.69, 9.17) is 18.7 Å². The first-order valence-corrected chi connectivity index (χ1v) is 14.6. The van der Waals surface area contributed by atoms with Crippen LogP contribution < -0.4 is 9.47 Å². The lowest BCUT2D eigenvalue weighted by atomic mass is 10.1. The molecule has 1 heterocycles. The molecule has 4 rings (SSSR count). The van der Waals surface area contributed by atoms with Gasteiger partial charge in [-0.25, -0.2) is 9.29 Å². The maximum Gasteiger partial charge on any atom is 0.416 e. The summed E-state index contributed by atoms with van der Waals surface area (Å²) in [7, 11) is -2.16. The van der Waals surface area contributed by atoms with Crippen LogP contribution in [0.5, 0.6) is 11.5 Å². The van der Waals surface area contributed by atoms with Crippen LogP contribution in [-0.2, 0) is 39.2 Å². The van der Waals surface area contributed by atoms with E-state index >= 15 is 0 Å². The molecule has 0 spiro atoms. The molecular weight excluding hydrogens is 619 g/mol. The predicted molar refractivity (Wildman–Crippen MR) is 154 cm³/mol. The number of hydroxylamine groups is 1. The second-order valence-corrected chi connectivity index (χ2v) is 11.4. The molecule has 0 aliphatic carbocycles. The van der Waals surface area contributed by atoms with Gasteiger partial charge in [-0.05, 0) is 77.6 Å². The first-order chi connectivity index (χ1) is 21.2. The molecule has 0 N–H and O–H groups in total. The third kappa shape index (κ3) is 7.99. The van der Waals surface area contributed by atoms with E-state index in [-0.39, 0.29) is 18.1 Å². The molecule has 0 saturated carbocycles. The summed E-state index contributed by atoms with van der Waals surface area (Å²) in [5, 5.41) is 0. The van der Waals surface area contributed by atoms with Crippen LogP contribution in [0.4, 0.5) is 13.2 Å². The quantitative estimate of drug-likeness (QED) is 0.192. The molecule has 0 aliphatic heterocycles. The van der Waals surface area contributed by atoms with E-state index < -0.39 is 40.4 Å². The zero-order valence-electron chi connectivity index (χ0n) is 24.5. The van der Waals surface area contributed by atoms with Gasteiger partial charge in [0.2, 0.25) is 5.89 Å². The Bertz CT molecular complexity index is 1770. The Morgan fingerprint density at radius 3 is 2.24 bits per heavy atom. The topological polar surface area (TPSA) is 128 Å². The number of ether oxygens (including phenoxy) is 2. The van der Waals surface area contributed by atoms with Gasteiger partial charge in [0.1, 0.15) is 29.6 Å². The standard InChI is InChI=1S/C30H28F3N3O8S/c1-19-27(34-28(43-19)22-8-12-24(13-9-22)30(31,32)33)18-42-26-7-5-6-21(16-26)17-36(44-20(2)37)45(39,40)35(3)29(38)23-10-14-25(41-4)15-11-23/h5-16H,17-18H2,1-4H3. The molecule has 1 amide bonds. The zero-order chi connectivity index (χ0) is 32.9. The Kier molecular flexibility index (Phi) is 9.83. The number of nitrogens with zero attached hydrogens (tertiary/aromatic N) is 3. The molecule has 0 radical (unpaired) electrons. The molecule has 0 fully saturated rings. The molecule has 3 aromatic carbocycles. The fraction of sp³-hybridized carbons (Fsp3) is 0.233. The molecule has 0 aliphatic rings. The van der Waals surface area contributed by atoms with Crippen LogP contribution in [0.1, 0.15) is 39.9 Å². The fourth-order valence-corrected chi connectivity index (χ4v) is 5.08. The summed E-state index contributed by atoms with van der Waals surface area (Å²) in [6, 6.07) is 16.4. The third-order valence-electron chi connectivity index (χ3n) is 6.39. The second-order valence-electron chi connectivity index (χ2n) is 9.59. The lowest BCUT2D eigenvalue weighted by Crippen LogP contribution is -2.45. The van der Waals surface area contributed by atoms with E-state index in [1.165, 1.54) is 49.6 Å². The molecule has 11 nitrogen and oxygen atoms in total. The van der Waals surface area contributed by atoms with Crippen LogP contribution in [0.25, 0.3) is 11.5 Å². The van der Waals surface area contributed by atoms with Crippen molar-refractivity contribution in [2.24, 2.45) is 0 Å². The molecule has 1 aromatic heterocycles. The van der Waals surface area contributed by atoms with Gasteiger partial charge in [-0.15, -0.1) is 0 Å². The van der Waals surface area contributed by atoms with E-state index in [9.17, 15) is 31.2 Å². The average Bonchev–Trinajstić information content (AvgIpc) is 3.38. The van der Waals surface area contributed by atoms with Gasteiger partial charge in [-0.3, -0.25) is 9.59 Å². The third-order valence-corrected chi connectivity index (χ3v) is 7.97. The van der Waals surface area contributed by atoms with E-state index in [1.807, 2.05) is 0 Å². The fourth-order valence-electron chi connectivity index (χ4n) is 3.98. The highest BCUT2D eigenvalue weighted by molar-refractivity contribution is 7.87. The van der Waals surface area contributed by atoms with Gasteiger partial charge < -0.3 is 18.7 Å². The van der Waals surface area contributed by atoms with Crippen molar-refractivity contribution >= 4 is 22.1 Å². The van der Waals surface area contributed by atoms with Gasteiger partial charge in [0.15, 0.2) is 0 Å². The summed E-state index contributed by atoms with van der Waals surface area (Å²) in [5.74, 6) is -0.526. The van der Waals surface area contributed by atoms with Crippen molar-refractivity contribution in [1.82, 2.24) is 13.8 Å². The van der Waals surface area contributed by atoms with Gasteiger partial charge in [0.05, 0.1) is 19.2 Å². The number of amides is 1. The van der Waals surface area contributed by atoms with Crippen molar-refractivity contribution in [2.45, 2.75) is 33.2 Å². The molecule has 0 unspecified atom stereocenters. The Balaban J connectivity index is 1.47. The molecule has 0 bridgehead atoms. The zero-order valence-corrected chi connectivity index (χ0v) is 25.3. The van der Waals surface area contributed by atoms with Crippen LogP contribution in [-0.4, -0.2) is 48.2 Å². The molecule has 238 valence electrons. The highest BCUT2D eigenvalue weighted by atomic mass is 32.2. The molecular formula is C30H28F3N3O8S. The van der Waals surface area contributed by atoms with Crippen molar-refractivity contribution in [1.29, 1.82) is 0 Å². The Labute approximate surface area is 256 Å². The normalized spacial score (nSPS) is 11.7. The van der Waals surface area contributed by atoms with Crippen molar-refractivity contribution in [3.63, 3.8) is 0 Å². The van der Waals surface area contributed by atoms with Crippen molar-refractivity contribution in [2.75, 3.05) is 14.2 Å². The lowest BCUT2D eigenvalue weighted by molar-refractivity contribution is -0.168. The first kappa shape index (κ1) is 33.0. The van der Waals surface area contributed by atoms with Gasteiger partial charge >= 0.3 is 22.4 Å². The first-order valence-electron chi connectivity index (χ1n) is 13.2. The maximum atomic E-state index is 13.4.